The van der Waals surface area contributed by atoms with Crippen LogP contribution in [0.1, 0.15) is 23.6 Å². The Morgan fingerprint density at radius 1 is 1.03 bits per heavy atom. The maximum Gasteiger partial charge on any atom is 0.243 e. The molecule has 1 heterocycles. The third-order valence-corrected chi connectivity index (χ3v) is 5.95. The fraction of sp³-hybridized carbons (Fsp3) is 0.250. The molecule has 3 aromatic rings. The average molecular weight is 471 g/mol. The van der Waals surface area contributed by atoms with Gasteiger partial charge in [-0.15, -0.1) is 0 Å². The summed E-state index contributed by atoms with van der Waals surface area (Å²) in [5.41, 5.74) is 4.71. The van der Waals surface area contributed by atoms with Crippen molar-refractivity contribution in [3.8, 4) is 5.75 Å². The number of carbonyl (C=O) groups excluding carboxylic acids is 2. The third kappa shape index (κ3) is 5.87. The van der Waals surface area contributed by atoms with Crippen LogP contribution >= 0.6 is 0 Å². The second-order valence-corrected chi connectivity index (χ2v) is 8.58. The predicted octanol–water partition coefficient (Wildman–Crippen LogP) is 3.17. The summed E-state index contributed by atoms with van der Waals surface area (Å²) in [5.74, 6) is 0.220. The number of nitrogens with zero attached hydrogens (tertiary/aromatic N) is 2. The summed E-state index contributed by atoms with van der Waals surface area (Å²) in [6.45, 7) is 2.18. The van der Waals surface area contributed by atoms with Gasteiger partial charge < -0.3 is 20.3 Å². The molecule has 0 fully saturated rings. The first kappa shape index (κ1) is 24.0. The van der Waals surface area contributed by atoms with Gasteiger partial charge in [0.05, 0.1) is 25.8 Å². The van der Waals surface area contributed by atoms with Crippen molar-refractivity contribution >= 4 is 23.2 Å². The Morgan fingerprint density at radius 2 is 1.71 bits per heavy atom. The summed E-state index contributed by atoms with van der Waals surface area (Å²) < 4.78 is 5.15. The number of amides is 2. The number of aliphatic imine (C=N–C) groups is 1. The van der Waals surface area contributed by atoms with Crippen LogP contribution in [0, 0.1) is 0 Å². The number of likely N-dealkylation sites (N-methyl/N-ethyl adjacent to an activating group) is 1. The van der Waals surface area contributed by atoms with Crippen LogP contribution in [0.5, 0.6) is 5.75 Å². The summed E-state index contributed by atoms with van der Waals surface area (Å²) in [5, 5.41) is 5.80. The lowest BCUT2D eigenvalue weighted by Gasteiger charge is -2.24. The number of benzene rings is 3. The van der Waals surface area contributed by atoms with Crippen LogP contribution in [0.15, 0.2) is 83.9 Å². The van der Waals surface area contributed by atoms with Gasteiger partial charge in [0, 0.05) is 23.9 Å². The third-order valence-electron chi connectivity index (χ3n) is 5.95. The smallest absolute Gasteiger partial charge is 0.243 e. The molecule has 3 aromatic carbocycles. The molecule has 35 heavy (non-hydrogen) atoms. The number of rotatable bonds is 7. The number of benzodiazepines with no additional fused rings is 1. The molecule has 0 radical (unpaired) electrons. The fourth-order valence-electron chi connectivity index (χ4n) is 4.11. The number of carbonyl (C=O) groups is 2. The van der Waals surface area contributed by atoms with Gasteiger partial charge in [-0.2, -0.15) is 0 Å². The highest BCUT2D eigenvalue weighted by molar-refractivity contribution is 6.16. The SMILES string of the molecule is COc1ccc(CC(=O)N[C@@H](C)C(=O)N[C@@H]2CN(C)c3ccccc3C(c3ccccc3)=N2)cc1. The first-order chi connectivity index (χ1) is 16.9. The highest BCUT2D eigenvalue weighted by Gasteiger charge is 2.25. The van der Waals surface area contributed by atoms with E-state index in [1.807, 2.05) is 79.8 Å². The largest absolute Gasteiger partial charge is 0.497 e. The van der Waals surface area contributed by atoms with Gasteiger partial charge in [0.2, 0.25) is 11.8 Å². The normalized spacial score (nSPS) is 15.8. The van der Waals surface area contributed by atoms with E-state index in [0.717, 1.165) is 33.8 Å². The highest BCUT2D eigenvalue weighted by atomic mass is 16.5. The standard InChI is InChI=1S/C28H30N4O3/c1-19(29-26(33)17-20-13-15-22(35-3)16-14-20)28(34)31-25-18-32(2)24-12-8-7-11-23(24)27(30-25)21-9-5-4-6-10-21/h4-16,19,25H,17-18H2,1-3H3,(H,29,33)(H,31,34)/t19-,25+/m0/s1. The van der Waals surface area contributed by atoms with Crippen molar-refractivity contribution in [1.82, 2.24) is 10.6 Å². The summed E-state index contributed by atoms with van der Waals surface area (Å²) >= 11 is 0. The van der Waals surface area contributed by atoms with Gasteiger partial charge in [-0.25, -0.2) is 0 Å². The van der Waals surface area contributed by atoms with E-state index in [2.05, 4.69) is 21.6 Å². The van der Waals surface area contributed by atoms with Gasteiger partial charge >= 0.3 is 0 Å². The molecule has 0 spiro atoms. The van der Waals surface area contributed by atoms with E-state index in [1.165, 1.54) is 0 Å². The lowest BCUT2D eigenvalue weighted by Crippen LogP contribution is -2.50. The molecule has 2 amide bonds. The van der Waals surface area contributed by atoms with E-state index in [0.29, 0.717) is 6.54 Å². The van der Waals surface area contributed by atoms with E-state index in [4.69, 9.17) is 9.73 Å². The van der Waals surface area contributed by atoms with Crippen molar-refractivity contribution in [2.24, 2.45) is 4.99 Å². The summed E-state index contributed by atoms with van der Waals surface area (Å²) in [6, 6.07) is 24.6. The Labute approximate surface area is 205 Å². The van der Waals surface area contributed by atoms with Crippen molar-refractivity contribution in [2.45, 2.75) is 25.6 Å². The van der Waals surface area contributed by atoms with Crippen molar-refractivity contribution < 1.29 is 14.3 Å². The maximum absolute atomic E-state index is 13.0. The van der Waals surface area contributed by atoms with Crippen molar-refractivity contribution in [1.29, 1.82) is 0 Å². The molecule has 0 saturated heterocycles. The number of ether oxygens (including phenoxy) is 1. The first-order valence-electron chi connectivity index (χ1n) is 11.6. The molecule has 0 aromatic heterocycles. The van der Waals surface area contributed by atoms with Crippen molar-refractivity contribution in [3.63, 3.8) is 0 Å². The second kappa shape index (κ2) is 10.9. The van der Waals surface area contributed by atoms with Crippen LogP contribution < -0.4 is 20.3 Å². The summed E-state index contributed by atoms with van der Waals surface area (Å²) in [7, 11) is 3.58. The second-order valence-electron chi connectivity index (χ2n) is 8.58. The Hall–Kier alpha value is -4.13. The van der Waals surface area contributed by atoms with Crippen LogP contribution in [0.3, 0.4) is 0 Å². The molecule has 180 valence electrons. The van der Waals surface area contributed by atoms with Crippen molar-refractivity contribution in [2.75, 3.05) is 25.6 Å². The molecule has 4 rings (SSSR count). The summed E-state index contributed by atoms with van der Waals surface area (Å²) in [6.07, 6.45) is -0.296. The lowest BCUT2D eigenvalue weighted by atomic mass is 10.0. The number of para-hydroxylation sites is 1. The topological polar surface area (TPSA) is 83.0 Å². The van der Waals surface area contributed by atoms with E-state index in [-0.39, 0.29) is 18.2 Å². The first-order valence-corrected chi connectivity index (χ1v) is 11.6. The average Bonchev–Trinajstić information content (AvgIpc) is 3.01. The number of nitrogens with one attached hydrogen (secondary N) is 2. The molecule has 1 aliphatic heterocycles. The van der Waals surface area contributed by atoms with Crippen LogP contribution in [0.25, 0.3) is 0 Å². The van der Waals surface area contributed by atoms with E-state index >= 15 is 0 Å². The van der Waals surface area contributed by atoms with Crippen LogP contribution in [0.2, 0.25) is 0 Å². The van der Waals surface area contributed by atoms with Gasteiger partial charge in [0.1, 0.15) is 18.0 Å². The fourth-order valence-corrected chi connectivity index (χ4v) is 4.11. The van der Waals surface area contributed by atoms with E-state index in [9.17, 15) is 9.59 Å². The number of fused-ring (bicyclic) bond motifs is 1. The van der Waals surface area contributed by atoms with Crippen LogP contribution in [-0.2, 0) is 16.0 Å². The molecule has 7 heteroatoms. The molecule has 0 unspecified atom stereocenters. The molecule has 2 atom stereocenters. The number of methoxy groups -OCH3 is 1. The lowest BCUT2D eigenvalue weighted by molar-refractivity contribution is -0.128. The van der Waals surface area contributed by atoms with Gasteiger partial charge in [0.15, 0.2) is 0 Å². The molecule has 0 aliphatic carbocycles. The number of hydrogen-bond acceptors (Lipinski definition) is 5. The minimum atomic E-state index is -0.702. The predicted molar refractivity (Wildman–Crippen MR) is 138 cm³/mol. The van der Waals surface area contributed by atoms with Crippen LogP contribution in [0.4, 0.5) is 5.69 Å². The van der Waals surface area contributed by atoms with Crippen LogP contribution in [-0.4, -0.2) is 50.4 Å². The van der Waals surface area contributed by atoms with Gasteiger partial charge in [0.25, 0.3) is 0 Å². The monoisotopic (exact) mass is 470 g/mol. The Balaban J connectivity index is 1.46. The Bertz CT molecular complexity index is 1210. The highest BCUT2D eigenvalue weighted by Crippen LogP contribution is 2.26. The minimum absolute atomic E-state index is 0.180. The molecular formula is C28H30N4O3. The molecule has 2 N–H and O–H groups in total. The van der Waals surface area contributed by atoms with Gasteiger partial charge in [-0.3, -0.25) is 14.6 Å². The zero-order valence-electron chi connectivity index (χ0n) is 20.2. The molecule has 0 bridgehead atoms. The molecule has 0 saturated carbocycles. The Morgan fingerprint density at radius 3 is 2.43 bits per heavy atom. The van der Waals surface area contributed by atoms with Gasteiger partial charge in [-0.05, 0) is 30.7 Å². The molecular weight excluding hydrogens is 440 g/mol. The van der Waals surface area contributed by atoms with E-state index in [1.54, 1.807) is 14.0 Å². The molecule has 1 aliphatic rings. The number of hydrogen-bond donors (Lipinski definition) is 2. The zero-order valence-corrected chi connectivity index (χ0v) is 20.2. The maximum atomic E-state index is 13.0. The van der Waals surface area contributed by atoms with Crippen molar-refractivity contribution in [3.05, 3.63) is 95.6 Å². The molecule has 7 nitrogen and oxygen atoms in total. The summed E-state index contributed by atoms with van der Waals surface area (Å²) in [4.78, 5) is 32.5. The minimum Gasteiger partial charge on any atom is -0.497 e. The van der Waals surface area contributed by atoms with E-state index < -0.39 is 12.2 Å². The Kier molecular flexibility index (Phi) is 7.45. The zero-order chi connectivity index (χ0) is 24.8. The number of anilines is 1. The quantitative estimate of drug-likeness (QED) is 0.556. The van der Waals surface area contributed by atoms with Gasteiger partial charge in [-0.1, -0.05) is 60.7 Å².